The van der Waals surface area contributed by atoms with Gasteiger partial charge in [-0.05, 0) is 25.3 Å². The zero-order valence-corrected chi connectivity index (χ0v) is 10.8. The highest BCUT2D eigenvalue weighted by atomic mass is 19.1. The smallest absolute Gasteiger partial charge is 0.127 e. The monoisotopic (exact) mass is 249 g/mol. The summed E-state index contributed by atoms with van der Waals surface area (Å²) in [5.74, 6) is 1.14. The SMILES string of the molecule is CC1(CC2CCC2)C[C@@H](N)c2ccc(F)cc2O1. The Morgan fingerprint density at radius 1 is 1.44 bits per heavy atom. The molecule has 2 N–H and O–H groups in total. The van der Waals surface area contributed by atoms with Gasteiger partial charge in [0.25, 0.3) is 0 Å². The van der Waals surface area contributed by atoms with Gasteiger partial charge in [0, 0.05) is 24.1 Å². The molecule has 0 spiro atoms. The summed E-state index contributed by atoms with van der Waals surface area (Å²) in [6.07, 6.45) is 5.78. The zero-order chi connectivity index (χ0) is 12.8. The van der Waals surface area contributed by atoms with Gasteiger partial charge in [-0.1, -0.05) is 25.3 Å². The first kappa shape index (κ1) is 12.0. The summed E-state index contributed by atoms with van der Waals surface area (Å²) in [4.78, 5) is 0. The largest absolute Gasteiger partial charge is 0.487 e. The molecule has 0 aromatic heterocycles. The number of fused-ring (bicyclic) bond motifs is 1. The van der Waals surface area contributed by atoms with Crippen molar-refractivity contribution in [1.29, 1.82) is 0 Å². The lowest BCUT2D eigenvalue weighted by molar-refractivity contribution is 0.0168. The summed E-state index contributed by atoms with van der Waals surface area (Å²) in [6.45, 7) is 2.11. The second-order valence-corrected chi connectivity index (χ2v) is 6.05. The molecule has 1 aliphatic heterocycles. The molecule has 2 nitrogen and oxygen atoms in total. The topological polar surface area (TPSA) is 35.2 Å². The van der Waals surface area contributed by atoms with Gasteiger partial charge in [-0.25, -0.2) is 4.39 Å². The maximum Gasteiger partial charge on any atom is 0.127 e. The fourth-order valence-corrected chi connectivity index (χ4v) is 3.22. The zero-order valence-electron chi connectivity index (χ0n) is 10.8. The summed E-state index contributed by atoms with van der Waals surface area (Å²) in [5, 5.41) is 0. The molecule has 0 amide bonds. The Morgan fingerprint density at radius 3 is 2.89 bits per heavy atom. The quantitative estimate of drug-likeness (QED) is 0.869. The highest BCUT2D eigenvalue weighted by molar-refractivity contribution is 5.39. The average molecular weight is 249 g/mol. The second-order valence-electron chi connectivity index (χ2n) is 6.05. The minimum absolute atomic E-state index is 0.0422. The summed E-state index contributed by atoms with van der Waals surface area (Å²) in [6, 6.07) is 4.63. The van der Waals surface area contributed by atoms with Crippen molar-refractivity contribution >= 4 is 0 Å². The molecular weight excluding hydrogens is 229 g/mol. The van der Waals surface area contributed by atoms with Crippen LogP contribution in [0.5, 0.6) is 5.75 Å². The number of nitrogens with two attached hydrogens (primary N) is 1. The van der Waals surface area contributed by atoms with E-state index in [4.69, 9.17) is 10.5 Å². The van der Waals surface area contributed by atoms with E-state index in [0.29, 0.717) is 5.75 Å². The molecule has 1 fully saturated rings. The maximum atomic E-state index is 13.3. The predicted octanol–water partition coefficient (Wildman–Crippen LogP) is 3.56. The van der Waals surface area contributed by atoms with Crippen LogP contribution in [0.3, 0.4) is 0 Å². The Morgan fingerprint density at radius 2 is 2.22 bits per heavy atom. The molecule has 1 aliphatic carbocycles. The van der Waals surface area contributed by atoms with E-state index in [1.807, 2.05) is 0 Å². The Kier molecular flexibility index (Phi) is 2.81. The number of rotatable bonds is 2. The molecule has 3 heteroatoms. The van der Waals surface area contributed by atoms with Crippen LogP contribution in [0.4, 0.5) is 4.39 Å². The minimum Gasteiger partial charge on any atom is -0.487 e. The molecule has 1 aromatic carbocycles. The molecule has 3 rings (SSSR count). The van der Waals surface area contributed by atoms with E-state index < -0.39 is 0 Å². The molecular formula is C15H20FNO. The molecule has 0 bridgehead atoms. The van der Waals surface area contributed by atoms with E-state index in [2.05, 4.69) is 6.92 Å². The number of hydrogen-bond acceptors (Lipinski definition) is 2. The van der Waals surface area contributed by atoms with Gasteiger partial charge in [-0.3, -0.25) is 0 Å². The highest BCUT2D eigenvalue weighted by Crippen LogP contribution is 2.44. The lowest BCUT2D eigenvalue weighted by Crippen LogP contribution is -2.42. The number of hydrogen-bond donors (Lipinski definition) is 1. The number of halogens is 1. The van der Waals surface area contributed by atoms with Crippen molar-refractivity contribution in [3.8, 4) is 5.75 Å². The van der Waals surface area contributed by atoms with Gasteiger partial charge < -0.3 is 10.5 Å². The first-order valence-corrected chi connectivity index (χ1v) is 6.80. The Balaban J connectivity index is 1.84. The lowest BCUT2D eigenvalue weighted by Gasteiger charge is -2.42. The fourth-order valence-electron chi connectivity index (χ4n) is 3.22. The summed E-state index contributed by atoms with van der Waals surface area (Å²) in [7, 11) is 0. The maximum absolute atomic E-state index is 13.3. The van der Waals surface area contributed by atoms with E-state index in [1.54, 1.807) is 6.07 Å². The van der Waals surface area contributed by atoms with Crippen LogP contribution in [0, 0.1) is 11.7 Å². The van der Waals surface area contributed by atoms with Crippen LogP contribution in [0.1, 0.15) is 50.6 Å². The molecule has 18 heavy (non-hydrogen) atoms. The first-order chi connectivity index (χ1) is 8.56. The van der Waals surface area contributed by atoms with Crippen LogP contribution in [-0.2, 0) is 0 Å². The molecule has 1 unspecified atom stereocenters. The van der Waals surface area contributed by atoms with Gasteiger partial charge in [0.05, 0.1) is 0 Å². The van der Waals surface area contributed by atoms with E-state index in [9.17, 15) is 4.39 Å². The van der Waals surface area contributed by atoms with Gasteiger partial charge in [0.1, 0.15) is 17.2 Å². The van der Waals surface area contributed by atoms with Gasteiger partial charge in [-0.15, -0.1) is 0 Å². The van der Waals surface area contributed by atoms with Crippen molar-refractivity contribution in [2.24, 2.45) is 11.7 Å². The molecule has 98 valence electrons. The van der Waals surface area contributed by atoms with Crippen molar-refractivity contribution < 1.29 is 9.13 Å². The van der Waals surface area contributed by atoms with Crippen LogP contribution in [0.25, 0.3) is 0 Å². The van der Waals surface area contributed by atoms with Crippen molar-refractivity contribution in [1.82, 2.24) is 0 Å². The van der Waals surface area contributed by atoms with Gasteiger partial charge in [-0.2, -0.15) is 0 Å². The summed E-state index contributed by atoms with van der Waals surface area (Å²) < 4.78 is 19.3. The third-order valence-corrected chi connectivity index (χ3v) is 4.33. The van der Waals surface area contributed by atoms with Crippen LogP contribution in [-0.4, -0.2) is 5.60 Å². The Labute approximate surface area is 107 Å². The fraction of sp³-hybridized carbons (Fsp3) is 0.600. The number of benzene rings is 1. The van der Waals surface area contributed by atoms with Crippen LogP contribution >= 0.6 is 0 Å². The second kappa shape index (κ2) is 4.23. The average Bonchev–Trinajstić information content (AvgIpc) is 2.23. The lowest BCUT2D eigenvalue weighted by atomic mass is 9.74. The molecule has 2 atom stereocenters. The third kappa shape index (κ3) is 2.12. The Hall–Kier alpha value is -1.09. The van der Waals surface area contributed by atoms with Crippen molar-refractivity contribution in [3.05, 3.63) is 29.6 Å². The molecule has 1 aromatic rings. The first-order valence-electron chi connectivity index (χ1n) is 6.80. The van der Waals surface area contributed by atoms with E-state index in [-0.39, 0.29) is 17.5 Å². The molecule has 2 aliphatic rings. The van der Waals surface area contributed by atoms with E-state index >= 15 is 0 Å². The predicted molar refractivity (Wildman–Crippen MR) is 68.9 cm³/mol. The van der Waals surface area contributed by atoms with E-state index in [1.165, 1.54) is 31.4 Å². The standard InChI is InChI=1S/C15H20FNO/c1-15(8-10-3-2-4-10)9-13(17)12-6-5-11(16)7-14(12)18-15/h5-7,10,13H,2-4,8-9,17H2,1H3/t13-,15?/m1/s1. The van der Waals surface area contributed by atoms with Crippen LogP contribution in [0.15, 0.2) is 18.2 Å². The van der Waals surface area contributed by atoms with Crippen molar-refractivity contribution in [2.75, 3.05) is 0 Å². The number of ether oxygens (including phenoxy) is 1. The molecule has 0 saturated heterocycles. The minimum atomic E-state index is -0.256. The molecule has 1 saturated carbocycles. The third-order valence-electron chi connectivity index (χ3n) is 4.33. The van der Waals surface area contributed by atoms with Crippen molar-refractivity contribution in [3.63, 3.8) is 0 Å². The highest BCUT2D eigenvalue weighted by Gasteiger charge is 2.38. The molecule has 0 radical (unpaired) electrons. The molecule has 1 heterocycles. The summed E-state index contributed by atoms with van der Waals surface area (Å²) in [5.41, 5.74) is 6.91. The van der Waals surface area contributed by atoms with E-state index in [0.717, 1.165) is 24.3 Å². The van der Waals surface area contributed by atoms with Gasteiger partial charge >= 0.3 is 0 Å². The summed E-state index contributed by atoms with van der Waals surface area (Å²) >= 11 is 0. The van der Waals surface area contributed by atoms with Crippen LogP contribution in [0.2, 0.25) is 0 Å². The van der Waals surface area contributed by atoms with Gasteiger partial charge in [0.2, 0.25) is 0 Å². The normalized spacial score (nSPS) is 31.4. The van der Waals surface area contributed by atoms with Crippen molar-refractivity contribution in [2.45, 2.75) is 50.7 Å². The van der Waals surface area contributed by atoms with Gasteiger partial charge in [0.15, 0.2) is 0 Å². The Bertz CT molecular complexity index is 458. The van der Waals surface area contributed by atoms with Crippen LogP contribution < -0.4 is 10.5 Å².